The Morgan fingerprint density at radius 3 is 2.04 bits per heavy atom. The second-order valence-electron chi connectivity index (χ2n) is 13.9. The average Bonchev–Trinajstić information content (AvgIpc) is 3.14. The number of anilines is 1. The highest BCUT2D eigenvalue weighted by molar-refractivity contribution is 5.97. The average molecular weight is 669 g/mol. The molecule has 1 aliphatic rings. The Bertz CT molecular complexity index is 2150. The van der Waals surface area contributed by atoms with Crippen LogP contribution < -0.4 is 14.4 Å². The first-order valence-electron chi connectivity index (χ1n) is 18.3. The van der Waals surface area contributed by atoms with Gasteiger partial charge in [0.25, 0.3) is 0 Å². The summed E-state index contributed by atoms with van der Waals surface area (Å²) in [5.74, 6) is 2.85. The van der Waals surface area contributed by atoms with Crippen molar-refractivity contribution < 1.29 is 14.2 Å². The molecule has 1 aliphatic heterocycles. The Balaban J connectivity index is 1.44. The van der Waals surface area contributed by atoms with Gasteiger partial charge in [-0.2, -0.15) is 0 Å². The molecule has 0 unspecified atom stereocenters. The van der Waals surface area contributed by atoms with Gasteiger partial charge in [-0.1, -0.05) is 65.8 Å². The number of para-hydroxylation sites is 1. The fourth-order valence-corrected chi connectivity index (χ4v) is 6.93. The van der Waals surface area contributed by atoms with Crippen molar-refractivity contribution in [3.05, 3.63) is 83.9 Å². The van der Waals surface area contributed by atoms with E-state index in [1.54, 1.807) is 0 Å². The zero-order valence-corrected chi connectivity index (χ0v) is 30.3. The summed E-state index contributed by atoms with van der Waals surface area (Å²) in [5, 5.41) is 3.39. The molecule has 3 aromatic carbocycles. The Morgan fingerprint density at radius 2 is 1.32 bits per heavy atom. The van der Waals surface area contributed by atoms with Crippen LogP contribution in [0.25, 0.3) is 55.0 Å². The van der Waals surface area contributed by atoms with E-state index in [2.05, 4.69) is 113 Å². The lowest BCUT2D eigenvalue weighted by atomic mass is 9.90. The van der Waals surface area contributed by atoms with E-state index >= 15 is 0 Å². The molecule has 0 atom stereocenters. The van der Waals surface area contributed by atoms with Gasteiger partial charge in [0.05, 0.1) is 43.0 Å². The van der Waals surface area contributed by atoms with Gasteiger partial charge in [-0.25, -0.2) is 15.0 Å². The van der Waals surface area contributed by atoms with Crippen molar-refractivity contribution in [3.63, 3.8) is 0 Å². The molecule has 0 bridgehead atoms. The van der Waals surface area contributed by atoms with Crippen LogP contribution in [0.1, 0.15) is 77.3 Å². The van der Waals surface area contributed by atoms with E-state index in [1.165, 1.54) is 11.1 Å². The molecule has 7 nitrogen and oxygen atoms in total. The third-order valence-electron chi connectivity index (χ3n) is 9.52. The summed E-state index contributed by atoms with van der Waals surface area (Å²) in [7, 11) is 0. The minimum absolute atomic E-state index is 0.262. The lowest BCUT2D eigenvalue weighted by Crippen LogP contribution is -2.37. The third-order valence-corrected chi connectivity index (χ3v) is 9.52. The Kier molecular flexibility index (Phi) is 9.86. The van der Waals surface area contributed by atoms with Gasteiger partial charge < -0.3 is 19.1 Å². The Hall–Kier alpha value is -4.75. The molecule has 1 fully saturated rings. The predicted molar refractivity (Wildman–Crippen MR) is 206 cm³/mol. The van der Waals surface area contributed by atoms with Gasteiger partial charge in [0.2, 0.25) is 11.8 Å². The van der Waals surface area contributed by atoms with Crippen molar-refractivity contribution in [2.45, 2.75) is 66.2 Å². The molecule has 0 aliphatic carbocycles. The maximum Gasteiger partial charge on any atom is 0.221 e. The first kappa shape index (κ1) is 33.7. The summed E-state index contributed by atoms with van der Waals surface area (Å²) < 4.78 is 18.1. The van der Waals surface area contributed by atoms with Crippen LogP contribution in [0.3, 0.4) is 0 Å². The Morgan fingerprint density at radius 1 is 0.660 bits per heavy atom. The molecule has 4 heterocycles. The van der Waals surface area contributed by atoms with E-state index < -0.39 is 0 Å². The van der Waals surface area contributed by atoms with Gasteiger partial charge in [-0.15, -0.1) is 0 Å². The van der Waals surface area contributed by atoms with Gasteiger partial charge >= 0.3 is 0 Å². The highest BCUT2D eigenvalue weighted by Crippen LogP contribution is 2.42. The molecule has 0 radical (unpaired) electrons. The SMILES string of the molecule is CCCOc1ccc2c(C(C)C)cc(-c3cc4c(C(C)C)cc(-c5cc6ccccc6nc5N5CCOCC5)cc4nc3OCCC)cc2n1. The second-order valence-corrected chi connectivity index (χ2v) is 13.9. The van der Waals surface area contributed by atoms with Crippen LogP contribution in [0.4, 0.5) is 5.82 Å². The monoisotopic (exact) mass is 668 g/mol. The number of rotatable bonds is 11. The van der Waals surface area contributed by atoms with Crippen LogP contribution in [-0.4, -0.2) is 54.5 Å². The lowest BCUT2D eigenvalue weighted by molar-refractivity contribution is 0.122. The maximum atomic E-state index is 6.47. The second kappa shape index (κ2) is 14.6. The van der Waals surface area contributed by atoms with Crippen LogP contribution >= 0.6 is 0 Å². The zero-order valence-electron chi connectivity index (χ0n) is 30.3. The minimum atomic E-state index is 0.262. The molecule has 50 heavy (non-hydrogen) atoms. The standard InChI is InChI=1S/C43H48N4O3/c1-7-17-49-41-14-13-32-33(27(3)4)23-31(25-39(32)44-41)36-26-37-34(28(5)6)22-30(24-40(37)46-43(36)50-18-8-2)35-21-29-11-9-10-12-38(29)45-42(35)47-15-19-48-20-16-47/h9-14,21-28H,7-8,15-20H2,1-6H3. The topological polar surface area (TPSA) is 69.6 Å². The highest BCUT2D eigenvalue weighted by Gasteiger charge is 2.22. The normalized spacial score (nSPS) is 13.6. The number of nitrogens with zero attached hydrogens (tertiary/aromatic N) is 4. The molecule has 6 aromatic rings. The number of hydrogen-bond acceptors (Lipinski definition) is 7. The molecule has 0 N–H and O–H groups in total. The quantitative estimate of drug-likeness (QED) is 0.136. The zero-order chi connectivity index (χ0) is 34.8. The number of ether oxygens (including phenoxy) is 3. The van der Waals surface area contributed by atoms with Crippen molar-refractivity contribution in [2.75, 3.05) is 44.4 Å². The number of morpholine rings is 1. The molecule has 3 aromatic heterocycles. The van der Waals surface area contributed by atoms with Crippen LogP contribution in [-0.2, 0) is 4.74 Å². The van der Waals surface area contributed by atoms with E-state index in [4.69, 9.17) is 29.2 Å². The fraction of sp³-hybridized carbons (Fsp3) is 0.372. The van der Waals surface area contributed by atoms with Crippen LogP contribution in [0.15, 0.2) is 72.8 Å². The molecule has 7 heteroatoms. The molecule has 0 spiro atoms. The maximum absolute atomic E-state index is 6.47. The number of benzene rings is 3. The fourth-order valence-electron chi connectivity index (χ4n) is 6.93. The summed E-state index contributed by atoms with van der Waals surface area (Å²) in [6, 6.07) is 26.1. The van der Waals surface area contributed by atoms with Crippen molar-refractivity contribution in [1.29, 1.82) is 0 Å². The molecular formula is C43H48N4O3. The molecule has 0 amide bonds. The highest BCUT2D eigenvalue weighted by atomic mass is 16.5. The number of hydrogen-bond donors (Lipinski definition) is 0. The van der Waals surface area contributed by atoms with Crippen LogP contribution in [0, 0.1) is 0 Å². The number of aromatic nitrogens is 3. The Labute approximate surface area is 295 Å². The molecular weight excluding hydrogens is 620 g/mol. The summed E-state index contributed by atoms with van der Waals surface area (Å²) in [6.45, 7) is 17.5. The van der Waals surface area contributed by atoms with Crippen molar-refractivity contribution >= 4 is 38.5 Å². The number of fused-ring (bicyclic) bond motifs is 3. The van der Waals surface area contributed by atoms with Gasteiger partial charge in [-0.3, -0.25) is 0 Å². The third kappa shape index (κ3) is 6.71. The first-order valence-corrected chi connectivity index (χ1v) is 18.3. The van der Waals surface area contributed by atoms with Crippen molar-refractivity contribution in [1.82, 2.24) is 15.0 Å². The van der Waals surface area contributed by atoms with Gasteiger partial charge in [-0.05, 0) is 89.4 Å². The smallest absolute Gasteiger partial charge is 0.221 e. The molecule has 1 saturated heterocycles. The van der Waals surface area contributed by atoms with Gasteiger partial charge in [0.15, 0.2) is 0 Å². The summed E-state index contributed by atoms with van der Waals surface area (Å²) in [5.41, 5.74) is 9.57. The van der Waals surface area contributed by atoms with E-state index in [9.17, 15) is 0 Å². The summed E-state index contributed by atoms with van der Waals surface area (Å²) in [6.07, 6.45) is 1.82. The van der Waals surface area contributed by atoms with Gasteiger partial charge in [0.1, 0.15) is 5.82 Å². The van der Waals surface area contributed by atoms with Crippen LogP contribution in [0.5, 0.6) is 11.8 Å². The van der Waals surface area contributed by atoms with Gasteiger partial charge in [0, 0.05) is 46.4 Å². The lowest BCUT2D eigenvalue weighted by Gasteiger charge is -2.30. The summed E-state index contributed by atoms with van der Waals surface area (Å²) in [4.78, 5) is 17.8. The summed E-state index contributed by atoms with van der Waals surface area (Å²) >= 11 is 0. The number of pyridine rings is 3. The molecule has 7 rings (SSSR count). The predicted octanol–water partition coefficient (Wildman–Crippen LogP) is 10.3. The van der Waals surface area contributed by atoms with E-state index in [0.29, 0.717) is 44.1 Å². The first-order chi connectivity index (χ1) is 24.3. The molecule has 0 saturated carbocycles. The largest absolute Gasteiger partial charge is 0.478 e. The van der Waals surface area contributed by atoms with Crippen molar-refractivity contribution in [3.8, 4) is 34.0 Å². The van der Waals surface area contributed by atoms with E-state index in [-0.39, 0.29) is 5.92 Å². The van der Waals surface area contributed by atoms with Crippen molar-refractivity contribution in [2.24, 2.45) is 0 Å². The van der Waals surface area contributed by atoms with E-state index in [1.807, 2.05) is 6.07 Å². The van der Waals surface area contributed by atoms with E-state index in [0.717, 1.165) is 86.7 Å². The molecule has 258 valence electrons. The minimum Gasteiger partial charge on any atom is -0.478 e. The van der Waals surface area contributed by atoms with Crippen LogP contribution in [0.2, 0.25) is 0 Å².